The van der Waals surface area contributed by atoms with E-state index in [0.29, 0.717) is 0 Å². The van der Waals surface area contributed by atoms with Gasteiger partial charge < -0.3 is 18.3 Å². The number of hydrogen-bond donors (Lipinski definition) is 0. The highest BCUT2D eigenvalue weighted by Gasteiger charge is 2.62. The summed E-state index contributed by atoms with van der Waals surface area (Å²) in [7, 11) is 0. The predicted molar refractivity (Wildman–Crippen MR) is 196 cm³/mol. The number of furan rings is 2. The summed E-state index contributed by atoms with van der Waals surface area (Å²) >= 11 is 0. The number of hydrogen-bond acceptors (Lipinski definition) is 6. The summed E-state index contributed by atoms with van der Waals surface area (Å²) in [6.45, 7) is 17.3. The first-order chi connectivity index (χ1) is 23.8. The average molecular weight is 677 g/mol. The van der Waals surface area contributed by atoms with Crippen molar-refractivity contribution in [3.8, 4) is 0 Å². The van der Waals surface area contributed by atoms with Crippen molar-refractivity contribution < 1.29 is 27.9 Å². The lowest BCUT2D eigenvalue weighted by molar-refractivity contribution is -0.148. The summed E-state index contributed by atoms with van der Waals surface area (Å²) in [5.41, 5.74) is 6.66. The number of carbonyl (C=O) groups excluding carboxylic acids is 2. The molecule has 6 heteroatoms. The Morgan fingerprint density at radius 1 is 0.600 bits per heavy atom. The molecule has 6 rings (SSSR count). The van der Waals surface area contributed by atoms with E-state index in [1.165, 1.54) is 22.3 Å². The van der Waals surface area contributed by atoms with Crippen LogP contribution in [0.15, 0.2) is 117 Å². The van der Waals surface area contributed by atoms with Crippen LogP contribution in [0.5, 0.6) is 0 Å². The smallest absolute Gasteiger partial charge is 0.310 e. The molecular formula is C44H52O6. The van der Waals surface area contributed by atoms with Crippen LogP contribution >= 0.6 is 0 Å². The molecule has 2 aliphatic carbocycles. The molecule has 2 aromatic carbocycles. The lowest BCUT2D eigenvalue weighted by Crippen LogP contribution is -2.10. The van der Waals surface area contributed by atoms with Crippen LogP contribution in [-0.2, 0) is 45.1 Å². The van der Waals surface area contributed by atoms with E-state index in [-0.39, 0.29) is 59.7 Å². The van der Waals surface area contributed by atoms with Crippen molar-refractivity contribution in [1.29, 1.82) is 0 Å². The van der Waals surface area contributed by atoms with Crippen LogP contribution in [0, 0.1) is 34.5 Å². The van der Waals surface area contributed by atoms with Crippen molar-refractivity contribution >= 4 is 11.9 Å². The first-order valence-corrected chi connectivity index (χ1v) is 17.6. The highest BCUT2D eigenvalue weighted by atomic mass is 16.5. The quantitative estimate of drug-likeness (QED) is 0.110. The number of carbonyl (C=O) groups is 2. The molecule has 2 heterocycles. The van der Waals surface area contributed by atoms with Gasteiger partial charge in [-0.15, -0.1) is 0 Å². The Bertz CT molecular complexity index is 1660. The summed E-state index contributed by atoms with van der Waals surface area (Å²) in [5, 5.41) is 0. The maximum atomic E-state index is 12.4. The van der Waals surface area contributed by atoms with Gasteiger partial charge in [0.2, 0.25) is 0 Å². The Morgan fingerprint density at radius 2 is 0.960 bits per heavy atom. The normalized spacial score (nSPS) is 20.8. The van der Waals surface area contributed by atoms with Gasteiger partial charge in [-0.25, -0.2) is 0 Å². The van der Waals surface area contributed by atoms with Gasteiger partial charge in [0, 0.05) is 24.0 Å². The van der Waals surface area contributed by atoms with Crippen LogP contribution in [0.3, 0.4) is 0 Å². The van der Waals surface area contributed by atoms with Gasteiger partial charge in [-0.1, -0.05) is 112 Å². The highest BCUT2D eigenvalue weighted by Crippen LogP contribution is 2.60. The van der Waals surface area contributed by atoms with Crippen LogP contribution in [-0.4, -0.2) is 11.9 Å². The fourth-order valence-electron chi connectivity index (χ4n) is 6.87. The Balaban J connectivity index is 0.000000194. The van der Waals surface area contributed by atoms with Crippen LogP contribution < -0.4 is 0 Å². The monoisotopic (exact) mass is 676 g/mol. The van der Waals surface area contributed by atoms with Crippen LogP contribution in [0.25, 0.3) is 0 Å². The molecule has 0 aliphatic heterocycles. The third-order valence-electron chi connectivity index (χ3n) is 9.98. The van der Waals surface area contributed by atoms with Gasteiger partial charge in [0.15, 0.2) is 0 Å². The van der Waals surface area contributed by atoms with Crippen molar-refractivity contribution in [1.82, 2.24) is 0 Å². The molecule has 4 atom stereocenters. The molecule has 2 fully saturated rings. The van der Waals surface area contributed by atoms with E-state index in [0.717, 1.165) is 35.5 Å². The van der Waals surface area contributed by atoms with E-state index in [9.17, 15) is 9.59 Å². The third-order valence-corrected chi connectivity index (χ3v) is 9.98. The molecule has 50 heavy (non-hydrogen) atoms. The summed E-state index contributed by atoms with van der Waals surface area (Å²) in [6.07, 6.45) is 9.21. The zero-order valence-corrected chi connectivity index (χ0v) is 30.8. The largest absolute Gasteiger partial charge is 0.469 e. The first kappa shape index (κ1) is 36.7. The van der Waals surface area contributed by atoms with Crippen molar-refractivity contribution in [3.63, 3.8) is 0 Å². The molecule has 2 saturated carbocycles. The Labute approximate surface area is 297 Å². The minimum Gasteiger partial charge on any atom is -0.469 e. The number of ether oxygens (including phenoxy) is 2. The Hall–Kier alpha value is -4.58. The van der Waals surface area contributed by atoms with E-state index in [1.807, 2.05) is 48.5 Å². The van der Waals surface area contributed by atoms with Gasteiger partial charge in [0.25, 0.3) is 0 Å². The van der Waals surface area contributed by atoms with Gasteiger partial charge >= 0.3 is 11.9 Å². The number of esters is 2. The van der Waals surface area contributed by atoms with E-state index in [2.05, 4.69) is 91.8 Å². The predicted octanol–water partition coefficient (Wildman–Crippen LogP) is 10.3. The molecule has 0 amide bonds. The topological polar surface area (TPSA) is 78.9 Å². The second-order valence-electron chi connectivity index (χ2n) is 15.5. The van der Waals surface area contributed by atoms with Gasteiger partial charge in [0.1, 0.15) is 24.7 Å². The van der Waals surface area contributed by atoms with Crippen LogP contribution in [0.1, 0.15) is 89.2 Å². The molecule has 0 radical (unpaired) electrons. The van der Waals surface area contributed by atoms with Gasteiger partial charge in [0.05, 0.1) is 24.4 Å². The maximum Gasteiger partial charge on any atom is 0.310 e. The lowest BCUT2D eigenvalue weighted by atomic mass is 10.1. The molecule has 4 aromatic rings. The van der Waals surface area contributed by atoms with E-state index in [4.69, 9.17) is 18.3 Å². The minimum atomic E-state index is -0.113. The zero-order chi connectivity index (χ0) is 36.1. The second-order valence-corrected chi connectivity index (χ2v) is 15.5. The highest BCUT2D eigenvalue weighted by molar-refractivity contribution is 5.79. The lowest BCUT2D eigenvalue weighted by Gasteiger charge is -2.03. The second kappa shape index (κ2) is 15.5. The Kier molecular flexibility index (Phi) is 11.4. The first-order valence-electron chi connectivity index (χ1n) is 17.6. The van der Waals surface area contributed by atoms with Crippen molar-refractivity contribution in [2.75, 3.05) is 0 Å². The molecule has 0 saturated heterocycles. The molecule has 0 N–H and O–H groups in total. The fourth-order valence-corrected chi connectivity index (χ4v) is 6.87. The standard InChI is InChI=1S/2C22H26O3/c2*1-15(2)10-19-20(22(19,3)4)21(23)25-14-17-12-18(24-13-17)11-16-8-6-5-7-9-16/h2*5-10,12-13,19-20H,11,14H2,1-4H3/t2*19-,20+/m11/s1. The van der Waals surface area contributed by atoms with E-state index < -0.39 is 0 Å². The average Bonchev–Trinajstić information content (AvgIpc) is 3.51. The molecule has 0 bridgehead atoms. The van der Waals surface area contributed by atoms with Gasteiger partial charge in [-0.2, -0.15) is 0 Å². The fraction of sp³-hybridized carbons (Fsp3) is 0.409. The maximum absolute atomic E-state index is 12.4. The molecule has 2 aliphatic rings. The number of rotatable bonds is 12. The minimum absolute atomic E-state index is 0.0107. The SMILES string of the molecule is CC(C)=C[C@@H]1[C@@H](C(=O)OCc2coc(Cc3ccccc3)c2)C1(C)C.CC(C)=C[C@@H]1[C@@H](C(=O)OCc2coc(Cc3ccccc3)c2)C1(C)C. The van der Waals surface area contributed by atoms with E-state index in [1.54, 1.807) is 12.5 Å². The number of allylic oxidation sites excluding steroid dienone is 4. The molecule has 0 spiro atoms. The Morgan fingerprint density at radius 3 is 1.30 bits per heavy atom. The molecule has 0 unspecified atom stereocenters. The van der Waals surface area contributed by atoms with E-state index >= 15 is 0 Å². The number of benzene rings is 2. The summed E-state index contributed by atoms with van der Waals surface area (Å²) in [5.74, 6) is 2.01. The molecular weight excluding hydrogens is 624 g/mol. The molecule has 6 nitrogen and oxygen atoms in total. The zero-order valence-electron chi connectivity index (χ0n) is 30.8. The third kappa shape index (κ3) is 9.35. The van der Waals surface area contributed by atoms with Gasteiger partial charge in [-0.3, -0.25) is 9.59 Å². The van der Waals surface area contributed by atoms with Crippen molar-refractivity contribution in [2.24, 2.45) is 34.5 Å². The van der Waals surface area contributed by atoms with Crippen molar-refractivity contribution in [2.45, 2.75) is 81.4 Å². The summed E-state index contributed by atoms with van der Waals surface area (Å²) in [4.78, 5) is 24.8. The molecule has 2 aromatic heterocycles. The van der Waals surface area contributed by atoms with Gasteiger partial charge in [-0.05, 0) is 73.6 Å². The summed E-state index contributed by atoms with van der Waals surface area (Å²) < 4.78 is 22.3. The molecule has 264 valence electrons. The van der Waals surface area contributed by atoms with Crippen LogP contribution in [0.2, 0.25) is 0 Å². The van der Waals surface area contributed by atoms with Crippen LogP contribution in [0.4, 0.5) is 0 Å². The summed E-state index contributed by atoms with van der Waals surface area (Å²) in [6, 6.07) is 24.3. The van der Waals surface area contributed by atoms with Crippen molar-refractivity contribution in [3.05, 3.63) is 142 Å².